The monoisotopic (exact) mass is 423 g/mol. The predicted molar refractivity (Wildman–Crippen MR) is 107 cm³/mol. The molecule has 2 nitrogen and oxygen atoms in total. The number of rotatable bonds is 15. The molecule has 0 radical (unpaired) electrons. The molecule has 0 aromatic heterocycles. The summed E-state index contributed by atoms with van der Waals surface area (Å²) in [4.78, 5) is 14.7. The van der Waals surface area contributed by atoms with E-state index in [1.165, 1.54) is 64.2 Å². The van der Waals surface area contributed by atoms with Crippen molar-refractivity contribution < 1.29 is 4.79 Å². The second kappa shape index (κ2) is 14.9. The number of alkyl halides is 1. The van der Waals surface area contributed by atoms with Gasteiger partial charge in [-0.2, -0.15) is 0 Å². The summed E-state index contributed by atoms with van der Waals surface area (Å²) in [6, 6.07) is 1.20. The van der Waals surface area contributed by atoms with Crippen molar-refractivity contribution in [1.29, 1.82) is 0 Å². The normalized spacial score (nSPS) is 11.8. The summed E-state index contributed by atoms with van der Waals surface area (Å²) in [5.74, 6) is 0.399. The Hall–Kier alpha value is 0.360. The SMILES string of the molecule is CCCCC(CCCC)N(CC(=O)CI)C(CCC)CCC. The Balaban J connectivity index is 5.09. The van der Waals surface area contributed by atoms with Crippen LogP contribution in [0.1, 0.15) is 91.9 Å². The largest absolute Gasteiger partial charge is 0.297 e. The molecule has 0 spiro atoms. The average molecular weight is 423 g/mol. The van der Waals surface area contributed by atoms with Crippen molar-refractivity contribution in [2.45, 2.75) is 104 Å². The van der Waals surface area contributed by atoms with Gasteiger partial charge in [0.15, 0.2) is 5.78 Å². The van der Waals surface area contributed by atoms with Gasteiger partial charge in [0, 0.05) is 12.1 Å². The van der Waals surface area contributed by atoms with Crippen LogP contribution < -0.4 is 0 Å². The molecule has 0 aromatic carbocycles. The van der Waals surface area contributed by atoms with Crippen molar-refractivity contribution >= 4 is 28.4 Å². The van der Waals surface area contributed by atoms with E-state index in [4.69, 9.17) is 0 Å². The lowest BCUT2D eigenvalue weighted by molar-refractivity contribution is -0.119. The highest BCUT2D eigenvalue weighted by Gasteiger charge is 2.26. The minimum atomic E-state index is 0.399. The van der Waals surface area contributed by atoms with Gasteiger partial charge < -0.3 is 0 Å². The van der Waals surface area contributed by atoms with Gasteiger partial charge in [-0.25, -0.2) is 0 Å². The topological polar surface area (TPSA) is 20.3 Å². The Kier molecular flexibility index (Phi) is 15.2. The standard InChI is InChI=1S/C19H38INO/c1-5-9-13-18(14-10-6-2)21(16-19(22)15-20)17(11-7-3)12-8-4/h17-18H,5-16H2,1-4H3. The fourth-order valence-electron chi connectivity index (χ4n) is 3.30. The zero-order valence-corrected chi connectivity index (χ0v) is 17.5. The first-order chi connectivity index (χ1) is 10.6. The van der Waals surface area contributed by atoms with E-state index in [9.17, 15) is 4.79 Å². The Morgan fingerprint density at radius 3 is 1.64 bits per heavy atom. The zero-order chi connectivity index (χ0) is 16.8. The van der Waals surface area contributed by atoms with Crippen LogP contribution in [0.3, 0.4) is 0 Å². The van der Waals surface area contributed by atoms with Crippen molar-refractivity contribution in [1.82, 2.24) is 4.90 Å². The number of Topliss-reactive ketones (excluding diaryl/α,β-unsaturated/α-hetero) is 1. The van der Waals surface area contributed by atoms with Gasteiger partial charge >= 0.3 is 0 Å². The van der Waals surface area contributed by atoms with E-state index in [-0.39, 0.29) is 0 Å². The molecule has 0 rings (SSSR count). The summed E-state index contributed by atoms with van der Waals surface area (Å²) >= 11 is 2.22. The van der Waals surface area contributed by atoms with Crippen molar-refractivity contribution in [3.05, 3.63) is 0 Å². The number of hydrogen-bond donors (Lipinski definition) is 0. The van der Waals surface area contributed by atoms with E-state index in [2.05, 4.69) is 55.2 Å². The van der Waals surface area contributed by atoms with E-state index < -0.39 is 0 Å². The predicted octanol–water partition coefficient (Wildman–Crippen LogP) is 6.01. The average Bonchev–Trinajstić information content (AvgIpc) is 2.53. The van der Waals surface area contributed by atoms with Crippen LogP contribution in [0.2, 0.25) is 0 Å². The Morgan fingerprint density at radius 2 is 1.27 bits per heavy atom. The Bertz CT molecular complexity index is 256. The van der Waals surface area contributed by atoms with Crippen molar-refractivity contribution in [2.75, 3.05) is 11.0 Å². The smallest absolute Gasteiger partial charge is 0.156 e. The molecule has 0 saturated heterocycles. The molecular formula is C19H38INO. The molecule has 0 bridgehead atoms. The third-order valence-electron chi connectivity index (χ3n) is 4.47. The quantitative estimate of drug-likeness (QED) is 0.238. The van der Waals surface area contributed by atoms with Gasteiger partial charge in [-0.1, -0.05) is 88.8 Å². The second-order valence-electron chi connectivity index (χ2n) is 6.51. The summed E-state index contributed by atoms with van der Waals surface area (Å²) in [5, 5.41) is 0. The maximum absolute atomic E-state index is 12.1. The first-order valence-electron chi connectivity index (χ1n) is 9.47. The third kappa shape index (κ3) is 9.49. The fourth-order valence-corrected chi connectivity index (χ4v) is 3.54. The van der Waals surface area contributed by atoms with E-state index >= 15 is 0 Å². The number of unbranched alkanes of at least 4 members (excludes halogenated alkanes) is 2. The molecule has 0 aliphatic rings. The molecule has 0 fully saturated rings. The zero-order valence-electron chi connectivity index (χ0n) is 15.4. The van der Waals surface area contributed by atoms with Crippen LogP contribution in [-0.4, -0.2) is 33.7 Å². The molecule has 0 atom stereocenters. The first-order valence-corrected chi connectivity index (χ1v) is 11.0. The van der Waals surface area contributed by atoms with Gasteiger partial charge in [-0.05, 0) is 25.7 Å². The molecule has 0 unspecified atom stereocenters. The van der Waals surface area contributed by atoms with E-state index in [1.807, 2.05) is 0 Å². The first kappa shape index (κ1) is 22.4. The molecular weight excluding hydrogens is 385 g/mol. The lowest BCUT2D eigenvalue weighted by atomic mass is 9.96. The van der Waals surface area contributed by atoms with Crippen LogP contribution >= 0.6 is 22.6 Å². The molecule has 3 heteroatoms. The fraction of sp³-hybridized carbons (Fsp3) is 0.947. The molecule has 0 aliphatic heterocycles. The number of nitrogens with zero attached hydrogens (tertiary/aromatic N) is 1. The van der Waals surface area contributed by atoms with Crippen LogP contribution in [0, 0.1) is 0 Å². The maximum atomic E-state index is 12.1. The lowest BCUT2D eigenvalue weighted by Gasteiger charge is -2.38. The Labute approximate surface area is 152 Å². The van der Waals surface area contributed by atoms with E-state index in [0.717, 1.165) is 0 Å². The highest BCUT2D eigenvalue weighted by Crippen LogP contribution is 2.23. The van der Waals surface area contributed by atoms with Crippen molar-refractivity contribution in [3.63, 3.8) is 0 Å². The molecule has 132 valence electrons. The summed E-state index contributed by atoms with van der Waals surface area (Å²) in [6.45, 7) is 9.76. The van der Waals surface area contributed by atoms with Crippen LogP contribution in [0.4, 0.5) is 0 Å². The van der Waals surface area contributed by atoms with Crippen LogP contribution in [0.15, 0.2) is 0 Å². The van der Waals surface area contributed by atoms with Crippen LogP contribution in [-0.2, 0) is 4.79 Å². The van der Waals surface area contributed by atoms with E-state index in [1.54, 1.807) is 0 Å². The molecule has 0 heterocycles. The molecule has 0 saturated carbocycles. The highest BCUT2D eigenvalue weighted by atomic mass is 127. The van der Waals surface area contributed by atoms with Gasteiger partial charge in [0.2, 0.25) is 0 Å². The highest BCUT2D eigenvalue weighted by molar-refractivity contribution is 14.1. The molecule has 0 amide bonds. The van der Waals surface area contributed by atoms with E-state index in [0.29, 0.717) is 28.8 Å². The molecule has 0 aromatic rings. The number of halogens is 1. The summed E-state index contributed by atoms with van der Waals surface area (Å²) < 4.78 is 0.646. The summed E-state index contributed by atoms with van der Waals surface area (Å²) in [5.41, 5.74) is 0. The Morgan fingerprint density at radius 1 is 0.818 bits per heavy atom. The number of hydrogen-bond acceptors (Lipinski definition) is 2. The van der Waals surface area contributed by atoms with Crippen molar-refractivity contribution in [2.24, 2.45) is 0 Å². The molecule has 0 N–H and O–H groups in total. The third-order valence-corrected chi connectivity index (χ3v) is 5.32. The van der Waals surface area contributed by atoms with Gasteiger partial charge in [-0.3, -0.25) is 9.69 Å². The maximum Gasteiger partial charge on any atom is 0.156 e. The molecule has 22 heavy (non-hydrogen) atoms. The van der Waals surface area contributed by atoms with Crippen LogP contribution in [0.5, 0.6) is 0 Å². The number of ketones is 1. The van der Waals surface area contributed by atoms with Gasteiger partial charge in [0.1, 0.15) is 0 Å². The lowest BCUT2D eigenvalue weighted by Crippen LogP contribution is -2.46. The van der Waals surface area contributed by atoms with Crippen LogP contribution in [0.25, 0.3) is 0 Å². The van der Waals surface area contributed by atoms with Gasteiger partial charge in [0.05, 0.1) is 11.0 Å². The summed E-state index contributed by atoms with van der Waals surface area (Å²) in [6.07, 6.45) is 12.5. The summed E-state index contributed by atoms with van der Waals surface area (Å²) in [7, 11) is 0. The van der Waals surface area contributed by atoms with Gasteiger partial charge in [0.25, 0.3) is 0 Å². The van der Waals surface area contributed by atoms with Crippen molar-refractivity contribution in [3.8, 4) is 0 Å². The minimum Gasteiger partial charge on any atom is -0.297 e. The molecule has 0 aliphatic carbocycles. The van der Waals surface area contributed by atoms with Gasteiger partial charge in [-0.15, -0.1) is 0 Å². The second-order valence-corrected chi connectivity index (χ2v) is 7.28. The number of carbonyl (C=O) groups is 1. The number of carbonyl (C=O) groups excluding carboxylic acids is 1. The minimum absolute atomic E-state index is 0.399.